The molecular weight excluding hydrogens is 196 g/mol. The molecule has 1 aromatic heterocycles. The topological polar surface area (TPSA) is 29.0 Å². The molecule has 5 heteroatoms. The molecule has 0 fully saturated rings. The van der Waals surface area contributed by atoms with Gasteiger partial charge in [0.05, 0.1) is 7.05 Å². The molecule has 0 saturated carbocycles. The van der Waals surface area contributed by atoms with Crippen LogP contribution in [0.4, 0.5) is 0 Å². The van der Waals surface area contributed by atoms with E-state index in [1.54, 1.807) is 11.8 Å². The van der Waals surface area contributed by atoms with Crippen LogP contribution in [0, 0.1) is 0 Å². The van der Waals surface area contributed by atoms with Gasteiger partial charge in [-0.05, 0) is 11.8 Å². The largest absolute Gasteiger partial charge is 1.00 e. The van der Waals surface area contributed by atoms with Crippen molar-refractivity contribution in [3.8, 4) is 0 Å². The second-order valence-electron chi connectivity index (χ2n) is 2.81. The number of thioether (sulfide) groups is 1. The Hall–Kier alpha value is -0.190. The minimum atomic E-state index is -0.181. The Morgan fingerprint density at radius 3 is 3.25 bits per heavy atom. The maximum absolute atomic E-state index is 9.31. The highest BCUT2D eigenvalue weighted by atomic mass is 35.5. The quantitative estimate of drug-likeness (QED) is 0.453. The van der Waals surface area contributed by atoms with Gasteiger partial charge in [-0.1, -0.05) is 0 Å². The van der Waals surface area contributed by atoms with Crippen molar-refractivity contribution >= 4 is 11.8 Å². The van der Waals surface area contributed by atoms with E-state index in [0.29, 0.717) is 0 Å². The van der Waals surface area contributed by atoms with Crippen LogP contribution in [0.15, 0.2) is 17.6 Å². The maximum Gasteiger partial charge on any atom is 0.317 e. The summed E-state index contributed by atoms with van der Waals surface area (Å²) in [6.45, 7) is 0.739. The maximum atomic E-state index is 9.31. The lowest BCUT2D eigenvalue weighted by Gasteiger charge is -2.13. The third kappa shape index (κ3) is 1.60. The number of halogens is 1. The molecule has 0 aliphatic carbocycles. The molecule has 0 spiro atoms. The molecule has 0 unspecified atom stereocenters. The average molecular weight is 207 g/mol. The third-order valence-corrected chi connectivity index (χ3v) is 3.16. The van der Waals surface area contributed by atoms with Gasteiger partial charge in [0.15, 0.2) is 0 Å². The minimum Gasteiger partial charge on any atom is -1.00 e. The van der Waals surface area contributed by atoms with Crippen molar-refractivity contribution in [1.29, 1.82) is 0 Å². The Kier molecular flexibility index (Phi) is 3.04. The first-order valence-electron chi connectivity index (χ1n) is 3.63. The average Bonchev–Trinajstić information content (AvgIpc) is 2.32. The van der Waals surface area contributed by atoms with Crippen molar-refractivity contribution in [2.24, 2.45) is 7.05 Å². The molecule has 1 aliphatic rings. The second kappa shape index (κ2) is 3.68. The van der Waals surface area contributed by atoms with Crippen LogP contribution in [0.25, 0.3) is 0 Å². The van der Waals surface area contributed by atoms with Crippen molar-refractivity contribution < 1.29 is 22.1 Å². The number of aliphatic hydroxyl groups is 1. The van der Waals surface area contributed by atoms with E-state index in [9.17, 15) is 5.11 Å². The van der Waals surface area contributed by atoms with Crippen LogP contribution in [-0.4, -0.2) is 21.5 Å². The first-order chi connectivity index (χ1) is 5.27. The molecule has 0 aromatic carbocycles. The normalized spacial score (nSPS) is 21.3. The molecule has 3 nitrogen and oxygen atoms in total. The summed E-state index contributed by atoms with van der Waals surface area (Å²) in [6, 6.07) is 0. The third-order valence-electron chi connectivity index (χ3n) is 1.83. The zero-order chi connectivity index (χ0) is 7.84. The van der Waals surface area contributed by atoms with Gasteiger partial charge in [0.2, 0.25) is 0 Å². The lowest BCUT2D eigenvalue weighted by molar-refractivity contribution is -0.709. The molecule has 68 valence electrons. The van der Waals surface area contributed by atoms with Crippen LogP contribution in [0.5, 0.6) is 0 Å². The van der Waals surface area contributed by atoms with E-state index in [4.69, 9.17) is 0 Å². The Bertz CT molecular complexity index is 276. The monoisotopic (exact) mass is 206 g/mol. The van der Waals surface area contributed by atoms with Crippen LogP contribution >= 0.6 is 11.8 Å². The molecule has 1 aliphatic heterocycles. The number of nitrogens with zero attached hydrogens (tertiary/aromatic N) is 2. The van der Waals surface area contributed by atoms with Gasteiger partial charge in [0, 0.05) is 5.75 Å². The fraction of sp³-hybridized carbons (Fsp3) is 0.571. The van der Waals surface area contributed by atoms with Crippen LogP contribution in [0.3, 0.4) is 0 Å². The zero-order valence-electron chi connectivity index (χ0n) is 6.77. The molecule has 1 N–H and O–H groups in total. The highest BCUT2D eigenvalue weighted by molar-refractivity contribution is 7.99. The second-order valence-corrected chi connectivity index (χ2v) is 3.80. The highest BCUT2D eigenvalue weighted by Gasteiger charge is 2.24. The predicted molar refractivity (Wildman–Crippen MR) is 42.3 cm³/mol. The van der Waals surface area contributed by atoms with Gasteiger partial charge < -0.3 is 17.5 Å². The first kappa shape index (κ1) is 9.89. The van der Waals surface area contributed by atoms with E-state index in [-0.39, 0.29) is 18.5 Å². The van der Waals surface area contributed by atoms with Crippen molar-refractivity contribution in [2.75, 3.05) is 5.75 Å². The van der Waals surface area contributed by atoms with E-state index in [1.165, 1.54) is 5.16 Å². The van der Waals surface area contributed by atoms with Crippen molar-refractivity contribution in [3.63, 3.8) is 0 Å². The number of aromatic nitrogens is 2. The number of hydrogen-bond donors (Lipinski definition) is 1. The SMILES string of the molecule is C[n+]1ccn2c1SC[C@H](O)C2.[Cl-]. The van der Waals surface area contributed by atoms with E-state index in [0.717, 1.165) is 12.3 Å². The molecule has 1 aromatic rings. The molecule has 0 radical (unpaired) electrons. The Morgan fingerprint density at radius 2 is 2.50 bits per heavy atom. The van der Waals surface area contributed by atoms with E-state index in [1.807, 2.05) is 19.4 Å². The summed E-state index contributed by atoms with van der Waals surface area (Å²) >= 11 is 1.71. The summed E-state index contributed by atoms with van der Waals surface area (Å²) in [5.41, 5.74) is 0. The lowest BCUT2D eigenvalue weighted by Crippen LogP contribution is -3.00. The Balaban J connectivity index is 0.000000720. The smallest absolute Gasteiger partial charge is 0.317 e. The van der Waals surface area contributed by atoms with E-state index >= 15 is 0 Å². The number of imidazole rings is 1. The van der Waals surface area contributed by atoms with Crippen LogP contribution < -0.4 is 17.0 Å². The molecule has 0 amide bonds. The summed E-state index contributed by atoms with van der Waals surface area (Å²) in [7, 11) is 2.02. The first-order valence-corrected chi connectivity index (χ1v) is 4.61. The van der Waals surface area contributed by atoms with Crippen LogP contribution in [0.1, 0.15) is 0 Å². The van der Waals surface area contributed by atoms with Gasteiger partial charge in [0.1, 0.15) is 25.0 Å². The van der Waals surface area contributed by atoms with Crippen molar-refractivity contribution in [3.05, 3.63) is 12.4 Å². The summed E-state index contributed by atoms with van der Waals surface area (Å²) < 4.78 is 4.16. The van der Waals surface area contributed by atoms with Gasteiger partial charge in [-0.25, -0.2) is 9.13 Å². The number of hydrogen-bond acceptors (Lipinski definition) is 2. The fourth-order valence-corrected chi connectivity index (χ4v) is 2.30. The molecule has 12 heavy (non-hydrogen) atoms. The summed E-state index contributed by atoms with van der Waals surface area (Å²) in [6.07, 6.45) is 3.84. The summed E-state index contributed by atoms with van der Waals surface area (Å²) in [5.74, 6) is 0.817. The molecule has 2 heterocycles. The van der Waals surface area contributed by atoms with Crippen molar-refractivity contribution in [1.82, 2.24) is 4.57 Å². The van der Waals surface area contributed by atoms with Gasteiger partial charge >= 0.3 is 5.16 Å². The molecule has 0 bridgehead atoms. The molecular formula is C7H11ClN2OS. The molecule has 2 rings (SSSR count). The number of fused-ring (bicyclic) bond motifs is 1. The Labute approximate surface area is 81.8 Å². The molecule has 1 atom stereocenters. The zero-order valence-corrected chi connectivity index (χ0v) is 8.35. The predicted octanol–water partition coefficient (Wildman–Crippen LogP) is -3.22. The van der Waals surface area contributed by atoms with Gasteiger partial charge in [-0.2, -0.15) is 0 Å². The number of aryl methyl sites for hydroxylation is 1. The number of rotatable bonds is 0. The van der Waals surface area contributed by atoms with Crippen LogP contribution in [-0.2, 0) is 13.6 Å². The highest BCUT2D eigenvalue weighted by Crippen LogP contribution is 2.20. The number of aliphatic hydroxyl groups excluding tert-OH is 1. The summed E-state index contributed by atoms with van der Waals surface area (Å²) in [5, 5.41) is 10.5. The van der Waals surface area contributed by atoms with Crippen LogP contribution in [0.2, 0.25) is 0 Å². The lowest BCUT2D eigenvalue weighted by atomic mass is 10.4. The standard InChI is InChI=1S/C7H11N2OS.ClH/c1-8-2-3-9-4-6(10)5-11-7(8)9;/h2-3,6,10H,4-5H2,1H3;1H/q+1;/p-1/t6-;/m1./s1. The van der Waals surface area contributed by atoms with E-state index < -0.39 is 0 Å². The van der Waals surface area contributed by atoms with Gasteiger partial charge in [-0.15, -0.1) is 0 Å². The Morgan fingerprint density at radius 1 is 1.75 bits per heavy atom. The van der Waals surface area contributed by atoms with Crippen molar-refractivity contribution in [2.45, 2.75) is 17.8 Å². The fourth-order valence-electron chi connectivity index (χ4n) is 1.28. The van der Waals surface area contributed by atoms with Gasteiger partial charge in [-0.3, -0.25) is 0 Å². The minimum absolute atomic E-state index is 0. The van der Waals surface area contributed by atoms with E-state index in [2.05, 4.69) is 9.13 Å². The summed E-state index contributed by atoms with van der Waals surface area (Å²) in [4.78, 5) is 0. The molecule has 0 saturated heterocycles. The van der Waals surface area contributed by atoms with Gasteiger partial charge in [0.25, 0.3) is 0 Å².